The minimum absolute atomic E-state index is 0.290. The lowest BCUT2D eigenvalue weighted by Gasteiger charge is -2.20. The zero-order valence-electron chi connectivity index (χ0n) is 15.8. The summed E-state index contributed by atoms with van der Waals surface area (Å²) in [6.07, 6.45) is 10.4. The molecule has 2 N–H and O–H groups in total. The van der Waals surface area contributed by atoms with Crippen LogP contribution in [-0.2, 0) is 6.54 Å². The van der Waals surface area contributed by atoms with Gasteiger partial charge in [-0.15, -0.1) is 0 Å². The number of hydrogen-bond acceptors (Lipinski definition) is 3. The van der Waals surface area contributed by atoms with Gasteiger partial charge in [0.25, 0.3) is 0 Å². The first kappa shape index (κ1) is 20.6. The van der Waals surface area contributed by atoms with Crippen LogP contribution in [0.4, 0.5) is 0 Å². The van der Waals surface area contributed by atoms with E-state index in [0.717, 1.165) is 29.4 Å². The molecular formula is C22H32N2O. The number of nitrogens with one attached hydrogen (secondary N) is 1. The molecule has 0 saturated heterocycles. The molecule has 2 rings (SSSR count). The first-order valence-corrected chi connectivity index (χ1v) is 9.01. The average Bonchev–Trinajstić information content (AvgIpc) is 3.43. The molecule has 136 valence electrons. The summed E-state index contributed by atoms with van der Waals surface area (Å²) in [7, 11) is 2.02. The Morgan fingerprint density at radius 1 is 1.32 bits per heavy atom. The Balaban J connectivity index is 0.00000151. The molecule has 0 amide bonds. The molecule has 1 aromatic carbocycles. The van der Waals surface area contributed by atoms with Crippen molar-refractivity contribution < 1.29 is 5.11 Å². The van der Waals surface area contributed by atoms with Crippen molar-refractivity contribution in [1.29, 1.82) is 0 Å². The highest BCUT2D eigenvalue weighted by Crippen LogP contribution is 2.27. The van der Waals surface area contributed by atoms with Gasteiger partial charge in [-0.2, -0.15) is 0 Å². The second kappa shape index (κ2) is 11.2. The number of likely N-dealkylation sites (N-methyl/N-ethyl adjacent to an activating group) is 1. The van der Waals surface area contributed by atoms with E-state index < -0.39 is 0 Å². The predicted octanol–water partition coefficient (Wildman–Crippen LogP) is 4.99. The van der Waals surface area contributed by atoms with E-state index in [1.165, 1.54) is 12.8 Å². The molecule has 1 aromatic rings. The maximum Gasteiger partial charge on any atom is 0.115 e. The SMILES string of the molecule is C=C/C=C(/C=C\C(=C)NCC1CC1)N(C)Cc1cccc(O)c1.CC. The van der Waals surface area contributed by atoms with Gasteiger partial charge in [0, 0.05) is 31.5 Å². The van der Waals surface area contributed by atoms with Gasteiger partial charge < -0.3 is 15.3 Å². The molecule has 1 aliphatic rings. The first-order valence-electron chi connectivity index (χ1n) is 9.01. The smallest absolute Gasteiger partial charge is 0.115 e. The highest BCUT2D eigenvalue weighted by Gasteiger charge is 2.20. The number of phenols is 1. The molecule has 25 heavy (non-hydrogen) atoms. The number of nitrogens with zero attached hydrogens (tertiary/aromatic N) is 1. The summed E-state index contributed by atoms with van der Waals surface area (Å²) in [5.41, 5.74) is 3.02. The molecule has 3 nitrogen and oxygen atoms in total. The minimum atomic E-state index is 0.290. The molecule has 0 atom stereocenters. The quantitative estimate of drug-likeness (QED) is 0.622. The lowest BCUT2D eigenvalue weighted by molar-refractivity contribution is 0.421. The van der Waals surface area contributed by atoms with Gasteiger partial charge >= 0.3 is 0 Å². The lowest BCUT2D eigenvalue weighted by Crippen LogP contribution is -2.17. The maximum atomic E-state index is 9.57. The van der Waals surface area contributed by atoms with E-state index in [9.17, 15) is 5.11 Å². The standard InChI is InChI=1S/C20H26N2O.C2H6/c1-4-6-19(12-9-16(2)21-14-17-10-11-17)22(3)15-18-7-5-8-20(23)13-18;1-2/h4-9,12-13,17,21,23H,1-2,10-11,14-15H2,3H3;1-2H3/b12-9-,19-6-;. The highest BCUT2D eigenvalue weighted by molar-refractivity contribution is 5.30. The van der Waals surface area contributed by atoms with Crippen molar-refractivity contribution in [3.63, 3.8) is 0 Å². The number of hydrogen-bond donors (Lipinski definition) is 2. The fourth-order valence-electron chi connectivity index (χ4n) is 2.29. The van der Waals surface area contributed by atoms with Gasteiger partial charge in [-0.1, -0.05) is 45.2 Å². The van der Waals surface area contributed by atoms with Crippen molar-refractivity contribution in [1.82, 2.24) is 10.2 Å². The number of rotatable bonds is 9. The molecule has 0 radical (unpaired) electrons. The van der Waals surface area contributed by atoms with E-state index in [1.807, 2.05) is 51.3 Å². The molecule has 0 spiro atoms. The summed E-state index contributed by atoms with van der Waals surface area (Å²) in [5.74, 6) is 1.12. The third kappa shape index (κ3) is 8.30. The van der Waals surface area contributed by atoms with E-state index in [1.54, 1.807) is 18.2 Å². The monoisotopic (exact) mass is 340 g/mol. The van der Waals surface area contributed by atoms with Crippen LogP contribution < -0.4 is 5.32 Å². The summed E-state index contributed by atoms with van der Waals surface area (Å²) < 4.78 is 0. The Hall–Kier alpha value is -2.42. The van der Waals surface area contributed by atoms with Crippen molar-refractivity contribution >= 4 is 0 Å². The predicted molar refractivity (Wildman–Crippen MR) is 108 cm³/mol. The maximum absolute atomic E-state index is 9.57. The first-order chi connectivity index (χ1) is 12.1. The van der Waals surface area contributed by atoms with Crippen LogP contribution in [0.5, 0.6) is 5.75 Å². The van der Waals surface area contributed by atoms with Crippen LogP contribution in [0.2, 0.25) is 0 Å². The molecule has 0 aliphatic heterocycles. The topological polar surface area (TPSA) is 35.5 Å². The number of aromatic hydroxyl groups is 1. The van der Waals surface area contributed by atoms with Crippen molar-refractivity contribution in [2.45, 2.75) is 33.2 Å². The summed E-state index contributed by atoms with van der Waals surface area (Å²) in [4.78, 5) is 2.11. The molecule has 3 heteroatoms. The van der Waals surface area contributed by atoms with Crippen molar-refractivity contribution in [2.24, 2.45) is 5.92 Å². The third-order valence-corrected chi connectivity index (χ3v) is 3.83. The van der Waals surface area contributed by atoms with Crippen LogP contribution in [0.15, 0.2) is 73.1 Å². The fourth-order valence-corrected chi connectivity index (χ4v) is 2.29. The number of benzene rings is 1. The highest BCUT2D eigenvalue weighted by atomic mass is 16.3. The second-order valence-corrected chi connectivity index (χ2v) is 6.04. The van der Waals surface area contributed by atoms with Gasteiger partial charge in [0.15, 0.2) is 0 Å². The molecule has 0 aromatic heterocycles. The van der Waals surface area contributed by atoms with E-state index in [4.69, 9.17) is 0 Å². The lowest BCUT2D eigenvalue weighted by atomic mass is 10.2. The van der Waals surface area contributed by atoms with Crippen LogP contribution in [0.25, 0.3) is 0 Å². The van der Waals surface area contributed by atoms with Crippen molar-refractivity contribution in [3.8, 4) is 5.75 Å². The normalized spacial score (nSPS) is 13.8. The molecule has 0 unspecified atom stereocenters. The minimum Gasteiger partial charge on any atom is -0.508 e. The van der Waals surface area contributed by atoms with Gasteiger partial charge in [-0.25, -0.2) is 0 Å². The largest absolute Gasteiger partial charge is 0.508 e. The van der Waals surface area contributed by atoms with Crippen molar-refractivity contribution in [3.05, 3.63) is 78.7 Å². The van der Waals surface area contributed by atoms with Crippen LogP contribution >= 0.6 is 0 Å². The zero-order chi connectivity index (χ0) is 18.7. The molecule has 1 fully saturated rings. The van der Waals surface area contributed by atoms with Gasteiger partial charge in [0.1, 0.15) is 5.75 Å². The average molecular weight is 341 g/mol. The van der Waals surface area contributed by atoms with Gasteiger partial charge in [-0.3, -0.25) is 0 Å². The summed E-state index contributed by atoms with van der Waals surface area (Å²) in [5, 5.41) is 12.9. The summed E-state index contributed by atoms with van der Waals surface area (Å²) in [6, 6.07) is 7.32. The molecule has 1 aliphatic carbocycles. The molecular weight excluding hydrogens is 308 g/mol. The fraction of sp³-hybridized carbons (Fsp3) is 0.364. The molecule has 0 heterocycles. The van der Waals surface area contributed by atoms with Crippen LogP contribution in [0.1, 0.15) is 32.3 Å². The van der Waals surface area contributed by atoms with Gasteiger partial charge in [0.2, 0.25) is 0 Å². The Bertz CT molecular complexity index is 612. The Morgan fingerprint density at radius 3 is 2.64 bits per heavy atom. The summed E-state index contributed by atoms with van der Waals surface area (Å²) >= 11 is 0. The Kier molecular flexibility index (Phi) is 9.23. The van der Waals surface area contributed by atoms with Gasteiger partial charge in [-0.05, 0) is 54.7 Å². The van der Waals surface area contributed by atoms with Gasteiger partial charge in [0.05, 0.1) is 0 Å². The van der Waals surface area contributed by atoms with E-state index in [2.05, 4.69) is 23.4 Å². The number of allylic oxidation sites excluding steroid dienone is 4. The zero-order valence-corrected chi connectivity index (χ0v) is 15.8. The molecule has 0 bridgehead atoms. The summed E-state index contributed by atoms with van der Waals surface area (Å²) in [6.45, 7) is 13.5. The second-order valence-electron chi connectivity index (χ2n) is 6.04. The Morgan fingerprint density at radius 2 is 2.04 bits per heavy atom. The number of phenolic OH excluding ortho intramolecular Hbond substituents is 1. The van der Waals surface area contributed by atoms with E-state index >= 15 is 0 Å². The third-order valence-electron chi connectivity index (χ3n) is 3.83. The molecule has 1 saturated carbocycles. The van der Waals surface area contributed by atoms with E-state index in [-0.39, 0.29) is 0 Å². The van der Waals surface area contributed by atoms with E-state index in [0.29, 0.717) is 12.3 Å². The van der Waals surface area contributed by atoms with Crippen LogP contribution in [0, 0.1) is 5.92 Å². The van der Waals surface area contributed by atoms with Crippen molar-refractivity contribution in [2.75, 3.05) is 13.6 Å². The Labute approximate surface area is 153 Å². The van der Waals surface area contributed by atoms with Crippen LogP contribution in [-0.4, -0.2) is 23.6 Å². The van der Waals surface area contributed by atoms with Crippen LogP contribution in [0.3, 0.4) is 0 Å².